The van der Waals surface area contributed by atoms with Crippen LogP contribution in [0.25, 0.3) is 0 Å². The number of carbonyl (C=O) groups is 1. The van der Waals surface area contributed by atoms with Gasteiger partial charge in [0.05, 0.1) is 5.60 Å². The molecule has 0 aromatic carbocycles. The molecule has 2 heterocycles. The van der Waals surface area contributed by atoms with Crippen molar-refractivity contribution in [3.8, 4) is 0 Å². The number of nitrogens with one attached hydrogen (secondary N) is 1. The Morgan fingerprint density at radius 3 is 2.95 bits per heavy atom. The van der Waals surface area contributed by atoms with Crippen LogP contribution in [0, 0.1) is 5.92 Å². The van der Waals surface area contributed by atoms with Crippen LogP contribution in [0.15, 0.2) is 12.3 Å². The molecular weight excluding hydrogens is 254 g/mol. The van der Waals surface area contributed by atoms with Gasteiger partial charge in [0.25, 0.3) is 5.91 Å². The molecule has 1 saturated heterocycles. The summed E-state index contributed by atoms with van der Waals surface area (Å²) in [6, 6.07) is 2.04. The Kier molecular flexibility index (Phi) is 4.48. The van der Waals surface area contributed by atoms with E-state index in [1.165, 1.54) is 0 Å². The molecule has 0 bridgehead atoms. The first-order valence-corrected chi connectivity index (χ1v) is 7.35. The molecule has 0 aliphatic carbocycles. The van der Waals surface area contributed by atoms with E-state index in [4.69, 9.17) is 4.74 Å². The molecule has 0 unspecified atom stereocenters. The van der Waals surface area contributed by atoms with E-state index in [1.807, 2.05) is 20.0 Å². The van der Waals surface area contributed by atoms with E-state index in [0.29, 0.717) is 18.2 Å². The maximum absolute atomic E-state index is 12.1. The van der Waals surface area contributed by atoms with Crippen LogP contribution < -0.4 is 5.32 Å². The van der Waals surface area contributed by atoms with Gasteiger partial charge in [0.15, 0.2) is 0 Å². The van der Waals surface area contributed by atoms with Crippen LogP contribution in [0.1, 0.15) is 57.1 Å². The van der Waals surface area contributed by atoms with Crippen LogP contribution in [0.4, 0.5) is 0 Å². The lowest BCUT2D eigenvalue weighted by atomic mass is 9.88. The molecule has 1 N–H and O–H groups in total. The van der Waals surface area contributed by atoms with Crippen molar-refractivity contribution < 1.29 is 9.53 Å². The van der Waals surface area contributed by atoms with Crippen molar-refractivity contribution in [2.75, 3.05) is 13.2 Å². The molecule has 112 valence electrons. The van der Waals surface area contributed by atoms with Gasteiger partial charge in [-0.25, -0.2) is 0 Å². The summed E-state index contributed by atoms with van der Waals surface area (Å²) in [6.07, 6.45) is 3.83. The summed E-state index contributed by atoms with van der Waals surface area (Å²) in [6.45, 7) is 9.75. The fourth-order valence-electron chi connectivity index (χ4n) is 2.61. The molecule has 1 amide bonds. The predicted octanol–water partition coefficient (Wildman–Crippen LogP) is 2.40. The van der Waals surface area contributed by atoms with Gasteiger partial charge < -0.3 is 10.1 Å². The average molecular weight is 279 g/mol. The highest BCUT2D eigenvalue weighted by atomic mass is 16.5. The molecule has 1 aromatic rings. The van der Waals surface area contributed by atoms with Crippen molar-refractivity contribution >= 4 is 5.91 Å². The molecule has 1 atom stereocenters. The highest BCUT2D eigenvalue weighted by Gasteiger charge is 2.29. The minimum atomic E-state index is -0.0892. The van der Waals surface area contributed by atoms with Gasteiger partial charge in [0.2, 0.25) is 0 Å². The number of aromatic nitrogens is 2. The molecule has 5 nitrogen and oxygen atoms in total. The number of hydrogen-bond acceptors (Lipinski definition) is 3. The molecule has 1 aromatic heterocycles. The Morgan fingerprint density at radius 1 is 1.60 bits per heavy atom. The van der Waals surface area contributed by atoms with E-state index in [2.05, 4.69) is 24.3 Å². The highest BCUT2D eigenvalue weighted by molar-refractivity contribution is 5.92. The van der Waals surface area contributed by atoms with E-state index < -0.39 is 0 Å². The van der Waals surface area contributed by atoms with E-state index in [9.17, 15) is 4.79 Å². The van der Waals surface area contributed by atoms with Crippen molar-refractivity contribution in [2.24, 2.45) is 5.92 Å². The summed E-state index contributed by atoms with van der Waals surface area (Å²) in [4.78, 5) is 12.1. The third-order valence-corrected chi connectivity index (χ3v) is 3.72. The van der Waals surface area contributed by atoms with Crippen molar-refractivity contribution in [1.82, 2.24) is 15.1 Å². The van der Waals surface area contributed by atoms with Crippen molar-refractivity contribution in [1.29, 1.82) is 0 Å². The highest BCUT2D eigenvalue weighted by Crippen LogP contribution is 2.27. The standard InChI is InChI=1S/C15H25N3O2/c1-11(2)18-7-5-13(17-18)14(19)16-10-12-6-8-20-15(3,4)9-12/h5,7,11-12H,6,8-10H2,1-4H3,(H,16,19)/t12-/m1/s1. The lowest BCUT2D eigenvalue weighted by Gasteiger charge is -2.35. The van der Waals surface area contributed by atoms with Crippen molar-refractivity contribution in [2.45, 2.75) is 52.2 Å². The number of hydrogen-bond donors (Lipinski definition) is 1. The first-order chi connectivity index (χ1) is 9.37. The van der Waals surface area contributed by atoms with Crippen LogP contribution in [0.3, 0.4) is 0 Å². The van der Waals surface area contributed by atoms with Crippen LogP contribution >= 0.6 is 0 Å². The van der Waals surface area contributed by atoms with E-state index in [0.717, 1.165) is 19.4 Å². The SMILES string of the molecule is CC(C)n1ccc(C(=O)NC[C@@H]2CCOC(C)(C)C2)n1. The number of ether oxygens (including phenoxy) is 1. The zero-order chi connectivity index (χ0) is 14.8. The fourth-order valence-corrected chi connectivity index (χ4v) is 2.61. The average Bonchev–Trinajstić information content (AvgIpc) is 2.84. The van der Waals surface area contributed by atoms with Crippen molar-refractivity contribution in [3.05, 3.63) is 18.0 Å². The monoisotopic (exact) mass is 279 g/mol. The Morgan fingerprint density at radius 2 is 2.35 bits per heavy atom. The fraction of sp³-hybridized carbons (Fsp3) is 0.733. The first kappa shape index (κ1) is 15.0. The summed E-state index contributed by atoms with van der Waals surface area (Å²) in [7, 11) is 0. The van der Waals surface area contributed by atoms with Crippen molar-refractivity contribution in [3.63, 3.8) is 0 Å². The van der Waals surface area contributed by atoms with Crippen LogP contribution in [0.5, 0.6) is 0 Å². The van der Waals surface area contributed by atoms with Gasteiger partial charge in [-0.15, -0.1) is 0 Å². The maximum atomic E-state index is 12.1. The second-order valence-corrected chi connectivity index (χ2v) is 6.45. The third kappa shape index (κ3) is 3.82. The van der Waals surface area contributed by atoms with Crippen LogP contribution in [0.2, 0.25) is 0 Å². The zero-order valence-corrected chi connectivity index (χ0v) is 12.8. The Hall–Kier alpha value is -1.36. The molecule has 0 radical (unpaired) electrons. The Balaban J connectivity index is 1.85. The molecule has 0 spiro atoms. The van der Waals surface area contributed by atoms with Gasteiger partial charge in [0.1, 0.15) is 5.69 Å². The van der Waals surface area contributed by atoms with Gasteiger partial charge in [0, 0.05) is 25.4 Å². The molecule has 1 fully saturated rings. The maximum Gasteiger partial charge on any atom is 0.271 e. The first-order valence-electron chi connectivity index (χ1n) is 7.35. The predicted molar refractivity (Wildman–Crippen MR) is 77.7 cm³/mol. The molecule has 20 heavy (non-hydrogen) atoms. The number of nitrogens with zero attached hydrogens (tertiary/aromatic N) is 2. The topological polar surface area (TPSA) is 56.2 Å². The molecule has 0 saturated carbocycles. The lowest BCUT2D eigenvalue weighted by Crippen LogP contribution is -2.39. The second-order valence-electron chi connectivity index (χ2n) is 6.45. The van der Waals surface area contributed by atoms with E-state index in [-0.39, 0.29) is 17.6 Å². The molecule has 5 heteroatoms. The Labute approximate surface area is 120 Å². The summed E-state index contributed by atoms with van der Waals surface area (Å²) in [5.41, 5.74) is 0.414. The summed E-state index contributed by atoms with van der Waals surface area (Å²) < 4.78 is 7.49. The summed E-state index contributed by atoms with van der Waals surface area (Å²) in [5.74, 6) is 0.392. The number of carbonyl (C=O) groups excluding carboxylic acids is 1. The van der Waals surface area contributed by atoms with Gasteiger partial charge in [-0.3, -0.25) is 9.48 Å². The minimum absolute atomic E-state index is 0.0765. The quantitative estimate of drug-likeness (QED) is 0.920. The van der Waals surface area contributed by atoms with Gasteiger partial charge in [-0.1, -0.05) is 0 Å². The van der Waals surface area contributed by atoms with Gasteiger partial charge in [-0.05, 0) is 52.5 Å². The van der Waals surface area contributed by atoms with Gasteiger partial charge in [-0.2, -0.15) is 5.10 Å². The smallest absolute Gasteiger partial charge is 0.271 e. The Bertz CT molecular complexity index is 465. The lowest BCUT2D eigenvalue weighted by molar-refractivity contribution is -0.0715. The normalized spacial score (nSPS) is 21.9. The largest absolute Gasteiger partial charge is 0.376 e. The minimum Gasteiger partial charge on any atom is -0.376 e. The van der Waals surface area contributed by atoms with Crippen LogP contribution in [-0.4, -0.2) is 34.4 Å². The van der Waals surface area contributed by atoms with Gasteiger partial charge >= 0.3 is 0 Å². The number of amides is 1. The summed E-state index contributed by atoms with van der Waals surface area (Å²) >= 11 is 0. The van der Waals surface area contributed by atoms with E-state index in [1.54, 1.807) is 10.7 Å². The number of rotatable bonds is 4. The summed E-state index contributed by atoms with van der Waals surface area (Å²) in [5, 5.41) is 7.27. The molecule has 2 rings (SSSR count). The molecule has 1 aliphatic heterocycles. The molecular formula is C15H25N3O2. The van der Waals surface area contributed by atoms with E-state index >= 15 is 0 Å². The zero-order valence-electron chi connectivity index (χ0n) is 12.8. The van der Waals surface area contributed by atoms with Crippen LogP contribution in [-0.2, 0) is 4.74 Å². The third-order valence-electron chi connectivity index (χ3n) is 3.72. The molecule has 1 aliphatic rings. The second kappa shape index (κ2) is 5.95.